The SMILES string of the molecule is COc1ccc(CCNC2CCCc3sc(Cl)cc32)cc1. The first kappa shape index (κ1) is 14.9. The van der Waals surface area contributed by atoms with E-state index < -0.39 is 0 Å². The largest absolute Gasteiger partial charge is 0.497 e. The Bertz CT molecular complexity index is 593. The van der Waals surface area contributed by atoms with Gasteiger partial charge in [-0.15, -0.1) is 11.3 Å². The number of fused-ring (bicyclic) bond motifs is 1. The van der Waals surface area contributed by atoms with Gasteiger partial charge >= 0.3 is 0 Å². The van der Waals surface area contributed by atoms with Gasteiger partial charge in [-0.3, -0.25) is 0 Å². The molecule has 0 aliphatic heterocycles. The van der Waals surface area contributed by atoms with Gasteiger partial charge in [-0.05, 0) is 61.6 Å². The summed E-state index contributed by atoms with van der Waals surface area (Å²) in [5.41, 5.74) is 2.76. The van der Waals surface area contributed by atoms with Gasteiger partial charge < -0.3 is 10.1 Å². The van der Waals surface area contributed by atoms with Crippen LogP contribution in [0.25, 0.3) is 0 Å². The van der Waals surface area contributed by atoms with Crippen molar-refractivity contribution in [3.05, 3.63) is 50.7 Å². The van der Waals surface area contributed by atoms with E-state index in [2.05, 4.69) is 23.5 Å². The number of hydrogen-bond donors (Lipinski definition) is 1. The number of methoxy groups -OCH3 is 1. The van der Waals surface area contributed by atoms with E-state index >= 15 is 0 Å². The van der Waals surface area contributed by atoms with Gasteiger partial charge in [0.15, 0.2) is 0 Å². The molecular formula is C17H20ClNOS. The molecule has 0 amide bonds. The Kier molecular flexibility index (Phi) is 4.84. The maximum Gasteiger partial charge on any atom is 0.118 e. The average molecular weight is 322 g/mol. The molecule has 3 rings (SSSR count). The second-order valence-electron chi connectivity index (χ2n) is 5.43. The zero-order valence-corrected chi connectivity index (χ0v) is 13.8. The van der Waals surface area contributed by atoms with Crippen LogP contribution in [0.2, 0.25) is 4.34 Å². The lowest BCUT2D eigenvalue weighted by molar-refractivity contribution is 0.414. The minimum Gasteiger partial charge on any atom is -0.497 e. The summed E-state index contributed by atoms with van der Waals surface area (Å²) in [6.07, 6.45) is 4.68. The summed E-state index contributed by atoms with van der Waals surface area (Å²) in [5, 5.41) is 3.68. The van der Waals surface area contributed by atoms with Crippen molar-refractivity contribution in [1.82, 2.24) is 5.32 Å². The minimum absolute atomic E-state index is 0.468. The first-order chi connectivity index (χ1) is 10.3. The van der Waals surface area contributed by atoms with E-state index in [1.165, 1.54) is 35.3 Å². The molecule has 1 aliphatic carbocycles. The van der Waals surface area contributed by atoms with Crippen molar-refractivity contribution in [2.24, 2.45) is 0 Å². The summed E-state index contributed by atoms with van der Waals surface area (Å²) in [7, 11) is 1.70. The first-order valence-corrected chi connectivity index (χ1v) is 8.60. The normalized spacial score (nSPS) is 17.5. The highest BCUT2D eigenvalue weighted by Gasteiger charge is 2.21. The van der Waals surface area contributed by atoms with Crippen LogP contribution in [0.3, 0.4) is 0 Å². The molecule has 1 aliphatic rings. The molecule has 0 bridgehead atoms. The van der Waals surface area contributed by atoms with E-state index in [9.17, 15) is 0 Å². The van der Waals surface area contributed by atoms with Crippen molar-refractivity contribution in [3.8, 4) is 5.75 Å². The fourth-order valence-electron chi connectivity index (χ4n) is 2.92. The summed E-state index contributed by atoms with van der Waals surface area (Å²) >= 11 is 7.89. The van der Waals surface area contributed by atoms with Crippen molar-refractivity contribution >= 4 is 22.9 Å². The maximum atomic E-state index is 6.15. The number of nitrogens with one attached hydrogen (secondary N) is 1. The molecule has 2 aromatic rings. The molecule has 1 heterocycles. The van der Waals surface area contributed by atoms with Crippen molar-refractivity contribution in [3.63, 3.8) is 0 Å². The number of halogens is 1. The van der Waals surface area contributed by atoms with Crippen LogP contribution >= 0.6 is 22.9 Å². The topological polar surface area (TPSA) is 21.3 Å². The summed E-state index contributed by atoms with van der Waals surface area (Å²) in [5.74, 6) is 0.913. The van der Waals surface area contributed by atoms with Gasteiger partial charge in [0.2, 0.25) is 0 Å². The van der Waals surface area contributed by atoms with Crippen LogP contribution in [-0.4, -0.2) is 13.7 Å². The van der Waals surface area contributed by atoms with Gasteiger partial charge in [-0.2, -0.15) is 0 Å². The van der Waals surface area contributed by atoms with Crippen LogP contribution in [0.5, 0.6) is 5.75 Å². The summed E-state index contributed by atoms with van der Waals surface area (Å²) in [6.45, 7) is 0.990. The van der Waals surface area contributed by atoms with E-state index in [-0.39, 0.29) is 0 Å². The summed E-state index contributed by atoms with van der Waals surface area (Å²) in [6, 6.07) is 10.9. The number of benzene rings is 1. The number of hydrogen-bond acceptors (Lipinski definition) is 3. The highest BCUT2D eigenvalue weighted by atomic mass is 35.5. The van der Waals surface area contributed by atoms with E-state index in [4.69, 9.17) is 16.3 Å². The lowest BCUT2D eigenvalue weighted by atomic mass is 9.94. The van der Waals surface area contributed by atoms with Crippen molar-refractivity contribution < 1.29 is 4.74 Å². The second-order valence-corrected chi connectivity index (χ2v) is 7.19. The fraction of sp³-hybridized carbons (Fsp3) is 0.412. The van der Waals surface area contributed by atoms with Crippen molar-refractivity contribution in [2.75, 3.05) is 13.7 Å². The first-order valence-electron chi connectivity index (χ1n) is 7.40. The number of rotatable bonds is 5. The molecule has 0 spiro atoms. The molecular weight excluding hydrogens is 302 g/mol. The van der Waals surface area contributed by atoms with E-state index in [1.807, 2.05) is 12.1 Å². The molecule has 0 saturated heterocycles. The Labute approximate surface area is 135 Å². The third kappa shape index (κ3) is 3.60. The Balaban J connectivity index is 1.56. The third-order valence-electron chi connectivity index (χ3n) is 4.05. The molecule has 1 atom stereocenters. The predicted octanol–water partition coefficient (Wildman–Crippen LogP) is 4.62. The lowest BCUT2D eigenvalue weighted by Gasteiger charge is -2.23. The highest BCUT2D eigenvalue weighted by Crippen LogP contribution is 2.37. The monoisotopic (exact) mass is 321 g/mol. The standard InChI is InChI=1S/C17H20ClNOS/c1-20-13-7-5-12(6-8-13)9-10-19-15-3-2-4-16-14(15)11-17(18)21-16/h5-8,11,15,19H,2-4,9-10H2,1H3. The van der Waals surface area contributed by atoms with E-state index in [1.54, 1.807) is 18.4 Å². The smallest absolute Gasteiger partial charge is 0.118 e. The molecule has 2 nitrogen and oxygen atoms in total. The Hall–Kier alpha value is -1.03. The Morgan fingerprint density at radius 1 is 1.33 bits per heavy atom. The molecule has 21 heavy (non-hydrogen) atoms. The predicted molar refractivity (Wildman–Crippen MR) is 89.7 cm³/mol. The number of aryl methyl sites for hydroxylation is 1. The fourth-order valence-corrected chi connectivity index (χ4v) is 4.30. The quantitative estimate of drug-likeness (QED) is 0.867. The van der Waals surface area contributed by atoms with Crippen molar-refractivity contribution in [1.29, 1.82) is 0 Å². The van der Waals surface area contributed by atoms with Gasteiger partial charge in [0.25, 0.3) is 0 Å². The Morgan fingerprint density at radius 3 is 2.90 bits per heavy atom. The molecule has 1 aromatic carbocycles. The van der Waals surface area contributed by atoms with Crippen LogP contribution in [0.15, 0.2) is 30.3 Å². The molecule has 1 N–H and O–H groups in total. The maximum absolute atomic E-state index is 6.15. The zero-order valence-electron chi connectivity index (χ0n) is 12.2. The molecule has 4 heteroatoms. The number of ether oxygens (including phenoxy) is 1. The lowest BCUT2D eigenvalue weighted by Crippen LogP contribution is -2.26. The van der Waals surface area contributed by atoms with Crippen LogP contribution in [0.4, 0.5) is 0 Å². The minimum atomic E-state index is 0.468. The summed E-state index contributed by atoms with van der Waals surface area (Å²) < 4.78 is 6.10. The van der Waals surface area contributed by atoms with Crippen LogP contribution in [-0.2, 0) is 12.8 Å². The molecule has 0 radical (unpaired) electrons. The van der Waals surface area contributed by atoms with Crippen molar-refractivity contribution in [2.45, 2.75) is 31.7 Å². The van der Waals surface area contributed by atoms with Crippen LogP contribution < -0.4 is 10.1 Å². The van der Waals surface area contributed by atoms with Crippen LogP contribution in [0, 0.1) is 0 Å². The van der Waals surface area contributed by atoms with Gasteiger partial charge in [-0.1, -0.05) is 23.7 Å². The van der Waals surface area contributed by atoms with E-state index in [0.29, 0.717) is 6.04 Å². The van der Waals surface area contributed by atoms with Gasteiger partial charge in [0, 0.05) is 10.9 Å². The molecule has 1 aromatic heterocycles. The van der Waals surface area contributed by atoms with Gasteiger partial charge in [0.1, 0.15) is 5.75 Å². The highest BCUT2D eigenvalue weighted by molar-refractivity contribution is 7.16. The third-order valence-corrected chi connectivity index (χ3v) is 5.39. The molecule has 112 valence electrons. The van der Waals surface area contributed by atoms with E-state index in [0.717, 1.165) is 23.1 Å². The molecule has 0 fully saturated rings. The van der Waals surface area contributed by atoms with Crippen LogP contribution in [0.1, 0.15) is 34.9 Å². The van der Waals surface area contributed by atoms with Gasteiger partial charge in [0.05, 0.1) is 11.4 Å². The zero-order chi connectivity index (χ0) is 14.7. The molecule has 0 saturated carbocycles. The Morgan fingerprint density at radius 2 is 2.14 bits per heavy atom. The summed E-state index contributed by atoms with van der Waals surface area (Å²) in [4.78, 5) is 1.47. The number of thiophene rings is 1. The molecule has 1 unspecified atom stereocenters. The second kappa shape index (κ2) is 6.82. The average Bonchev–Trinajstić information content (AvgIpc) is 2.89. The van der Waals surface area contributed by atoms with Gasteiger partial charge in [-0.25, -0.2) is 0 Å².